The zero-order chi connectivity index (χ0) is 10.8. The molecule has 2 rings (SSSR count). The number of hydrogen-bond donors (Lipinski definition) is 0. The van der Waals surface area contributed by atoms with Gasteiger partial charge in [0.2, 0.25) is 0 Å². The molecule has 0 unspecified atom stereocenters. The largest absolute Gasteiger partial charge is 0.325 e. The smallest absolute Gasteiger partial charge is 0.258 e. The van der Waals surface area contributed by atoms with Crippen LogP contribution in [0.15, 0.2) is 29.4 Å². The van der Waals surface area contributed by atoms with Crippen molar-refractivity contribution in [1.29, 1.82) is 0 Å². The van der Waals surface area contributed by atoms with Crippen molar-refractivity contribution in [2.45, 2.75) is 0 Å². The Hall–Kier alpha value is -2.11. The van der Waals surface area contributed by atoms with Gasteiger partial charge in [-0.05, 0) is 17.7 Å². The summed E-state index contributed by atoms with van der Waals surface area (Å²) in [4.78, 5) is 12.7. The monoisotopic (exact) mass is 220 g/mol. The van der Waals surface area contributed by atoms with Crippen LogP contribution in [0.2, 0.25) is 0 Å². The van der Waals surface area contributed by atoms with Crippen LogP contribution >= 0.6 is 11.3 Å². The highest BCUT2D eigenvalue weighted by molar-refractivity contribution is 7.22. The first-order valence-electron chi connectivity index (χ1n) is 3.94. The molecule has 15 heavy (non-hydrogen) atoms. The summed E-state index contributed by atoms with van der Waals surface area (Å²) < 4.78 is 0.804. The Bertz CT molecular complexity index is 585. The Kier molecular flexibility index (Phi) is 2.24. The molecule has 6 nitrogen and oxygen atoms in total. The number of rotatable bonds is 2. The van der Waals surface area contributed by atoms with Crippen LogP contribution in [0.4, 0.5) is 10.7 Å². The highest BCUT2D eigenvalue weighted by Gasteiger charge is 2.10. The molecule has 0 bridgehead atoms. The van der Waals surface area contributed by atoms with E-state index in [2.05, 4.69) is 10.0 Å². The maximum atomic E-state index is 10.5. The van der Waals surface area contributed by atoms with E-state index in [1.807, 2.05) is 0 Å². The summed E-state index contributed by atoms with van der Waals surface area (Å²) in [7, 11) is 0. The zero-order valence-corrected chi connectivity index (χ0v) is 8.14. The van der Waals surface area contributed by atoms with Gasteiger partial charge in [0.05, 0.1) is 4.92 Å². The highest BCUT2D eigenvalue weighted by atomic mass is 32.1. The fourth-order valence-corrected chi connectivity index (χ4v) is 2.08. The van der Waals surface area contributed by atoms with Gasteiger partial charge in [-0.25, -0.2) is 0 Å². The van der Waals surface area contributed by atoms with Gasteiger partial charge in [0.1, 0.15) is 0 Å². The molecule has 0 atom stereocenters. The minimum atomic E-state index is -0.433. The van der Waals surface area contributed by atoms with E-state index >= 15 is 0 Å². The second-order valence-electron chi connectivity index (χ2n) is 2.75. The average molecular weight is 220 g/mol. The lowest BCUT2D eigenvalue weighted by Crippen LogP contribution is -1.80. The fraction of sp³-hybridized carbons (Fsp3) is 0. The highest BCUT2D eigenvalue weighted by Crippen LogP contribution is 2.33. The van der Waals surface area contributed by atoms with E-state index < -0.39 is 4.92 Å². The van der Waals surface area contributed by atoms with Gasteiger partial charge < -0.3 is 0 Å². The van der Waals surface area contributed by atoms with Gasteiger partial charge in [0.25, 0.3) is 0 Å². The first-order valence-corrected chi connectivity index (χ1v) is 4.75. The lowest BCUT2D eigenvalue weighted by atomic mass is 10.2. The summed E-state index contributed by atoms with van der Waals surface area (Å²) in [5, 5.41) is 14.7. The maximum Gasteiger partial charge on any atom is 0.325 e. The van der Waals surface area contributed by atoms with Gasteiger partial charge in [0.15, 0.2) is 0 Å². The van der Waals surface area contributed by atoms with Crippen molar-refractivity contribution in [3.05, 3.63) is 44.8 Å². The van der Waals surface area contributed by atoms with Crippen LogP contribution in [0.25, 0.3) is 20.5 Å². The van der Waals surface area contributed by atoms with E-state index in [9.17, 15) is 10.1 Å². The molecule has 0 saturated carbocycles. The first-order chi connectivity index (χ1) is 7.20. The van der Waals surface area contributed by atoms with Crippen LogP contribution < -0.4 is 0 Å². The standard InChI is InChI=1S/C8H4N4O2S/c9-11-10-6-1-2-7-5(3-6)4-8(15-7)12(13)14/h1-4H. The molecule has 0 aliphatic carbocycles. The second kappa shape index (κ2) is 3.56. The van der Waals surface area contributed by atoms with Crippen molar-refractivity contribution in [2.75, 3.05) is 0 Å². The summed E-state index contributed by atoms with van der Waals surface area (Å²) in [6.45, 7) is 0. The summed E-state index contributed by atoms with van der Waals surface area (Å²) in [5.74, 6) is 0. The molecule has 0 aliphatic rings. The van der Waals surface area contributed by atoms with Crippen LogP contribution in [0, 0.1) is 10.1 Å². The molecular formula is C8H4N4O2S. The second-order valence-corrected chi connectivity index (χ2v) is 3.82. The zero-order valence-electron chi connectivity index (χ0n) is 7.32. The van der Waals surface area contributed by atoms with Gasteiger partial charge in [-0.3, -0.25) is 10.1 Å². The van der Waals surface area contributed by atoms with E-state index in [-0.39, 0.29) is 5.00 Å². The van der Waals surface area contributed by atoms with Crippen molar-refractivity contribution in [1.82, 2.24) is 0 Å². The summed E-state index contributed by atoms with van der Waals surface area (Å²) in [6.07, 6.45) is 0. The minimum absolute atomic E-state index is 0.0862. The number of azide groups is 1. The molecule has 0 spiro atoms. The first kappa shape index (κ1) is 9.45. The predicted molar refractivity (Wildman–Crippen MR) is 57.3 cm³/mol. The lowest BCUT2D eigenvalue weighted by Gasteiger charge is -1.89. The van der Waals surface area contributed by atoms with Crippen molar-refractivity contribution < 1.29 is 4.92 Å². The molecule has 0 saturated heterocycles. The quantitative estimate of drug-likeness (QED) is 0.253. The summed E-state index contributed by atoms with van der Waals surface area (Å²) >= 11 is 1.10. The van der Waals surface area contributed by atoms with E-state index in [1.165, 1.54) is 6.07 Å². The molecule has 1 aromatic heterocycles. The number of nitrogens with zero attached hydrogens (tertiary/aromatic N) is 4. The fourth-order valence-electron chi connectivity index (χ4n) is 1.22. The molecule has 0 fully saturated rings. The third kappa shape index (κ3) is 1.74. The molecular weight excluding hydrogens is 216 g/mol. The van der Waals surface area contributed by atoms with Crippen molar-refractivity contribution in [3.63, 3.8) is 0 Å². The van der Waals surface area contributed by atoms with Crippen molar-refractivity contribution in [2.24, 2.45) is 5.11 Å². The summed E-state index contributed by atoms with van der Waals surface area (Å²) in [5.41, 5.74) is 8.69. The number of fused-ring (bicyclic) bond motifs is 1. The topological polar surface area (TPSA) is 91.9 Å². The predicted octanol–water partition coefficient (Wildman–Crippen LogP) is 3.75. The maximum absolute atomic E-state index is 10.5. The Morgan fingerprint density at radius 2 is 2.27 bits per heavy atom. The van der Waals surface area contributed by atoms with Crippen LogP contribution in [-0.2, 0) is 0 Å². The Morgan fingerprint density at radius 3 is 2.93 bits per heavy atom. The molecule has 0 aliphatic heterocycles. The van der Waals surface area contributed by atoms with Crippen molar-refractivity contribution >= 4 is 32.1 Å². The van der Waals surface area contributed by atoms with Gasteiger partial charge in [-0.2, -0.15) is 0 Å². The Labute approximate surface area is 87.5 Å². The Balaban J connectivity index is 2.61. The molecule has 0 radical (unpaired) electrons. The van der Waals surface area contributed by atoms with Gasteiger partial charge in [-0.1, -0.05) is 22.5 Å². The lowest BCUT2D eigenvalue weighted by molar-refractivity contribution is -0.380. The SMILES string of the molecule is [N-]=[N+]=Nc1ccc2sc([N+](=O)[O-])cc2c1. The van der Waals surface area contributed by atoms with E-state index in [4.69, 9.17) is 5.53 Å². The third-order valence-corrected chi connectivity index (χ3v) is 2.89. The molecule has 2 aromatic rings. The van der Waals surface area contributed by atoms with E-state index in [1.54, 1.807) is 18.2 Å². The molecule has 74 valence electrons. The van der Waals surface area contributed by atoms with Gasteiger partial charge >= 0.3 is 5.00 Å². The van der Waals surface area contributed by atoms with Crippen LogP contribution in [0.1, 0.15) is 0 Å². The number of thiophene rings is 1. The number of hydrogen-bond acceptors (Lipinski definition) is 4. The Morgan fingerprint density at radius 1 is 1.47 bits per heavy atom. The third-order valence-electron chi connectivity index (χ3n) is 1.83. The van der Waals surface area contributed by atoms with E-state index in [0.717, 1.165) is 21.4 Å². The number of benzene rings is 1. The van der Waals surface area contributed by atoms with Crippen molar-refractivity contribution in [3.8, 4) is 0 Å². The van der Waals surface area contributed by atoms with Crippen LogP contribution in [0.5, 0.6) is 0 Å². The molecule has 0 amide bonds. The number of nitro groups is 1. The van der Waals surface area contributed by atoms with E-state index in [0.29, 0.717) is 5.69 Å². The van der Waals surface area contributed by atoms with Gasteiger partial charge in [0, 0.05) is 26.8 Å². The molecule has 1 heterocycles. The summed E-state index contributed by atoms with van der Waals surface area (Å²) in [6, 6.07) is 6.42. The molecule has 0 N–H and O–H groups in total. The van der Waals surface area contributed by atoms with Crippen LogP contribution in [-0.4, -0.2) is 4.92 Å². The van der Waals surface area contributed by atoms with Crippen LogP contribution in [0.3, 0.4) is 0 Å². The minimum Gasteiger partial charge on any atom is -0.258 e. The average Bonchev–Trinajstić information content (AvgIpc) is 2.61. The van der Waals surface area contributed by atoms with Gasteiger partial charge in [-0.15, -0.1) is 0 Å². The normalized spacial score (nSPS) is 9.87. The molecule has 1 aromatic carbocycles. The molecule has 7 heteroatoms.